The van der Waals surface area contributed by atoms with E-state index in [1.807, 2.05) is 4.68 Å². The summed E-state index contributed by atoms with van der Waals surface area (Å²) >= 11 is 0. The van der Waals surface area contributed by atoms with Crippen LogP contribution in [-0.2, 0) is 13.0 Å². The van der Waals surface area contributed by atoms with E-state index < -0.39 is 5.97 Å². The fraction of sp³-hybridized carbons (Fsp3) is 0.824. The van der Waals surface area contributed by atoms with Crippen LogP contribution in [0, 0.1) is 5.92 Å². The zero-order chi connectivity index (χ0) is 15.8. The Kier molecular flexibility index (Phi) is 6.87. The zero-order valence-corrected chi connectivity index (χ0v) is 13.8. The molecule has 0 atom stereocenters. The third-order valence-corrected chi connectivity index (χ3v) is 4.78. The monoisotopic (exact) mass is 307 g/mol. The molecule has 1 aliphatic rings. The van der Waals surface area contributed by atoms with E-state index in [9.17, 15) is 9.90 Å². The van der Waals surface area contributed by atoms with Gasteiger partial charge in [-0.15, -0.1) is 5.10 Å². The number of carboxylic acid groups (broad SMARTS) is 1. The number of unbranched alkanes of at least 4 members (excludes halogenated alkanes) is 3. The lowest BCUT2D eigenvalue weighted by Crippen LogP contribution is -2.13. The first-order chi connectivity index (χ1) is 10.7. The third kappa shape index (κ3) is 4.82. The average Bonchev–Trinajstić information content (AvgIpc) is 2.94. The molecule has 1 N–H and O–H groups in total. The Morgan fingerprint density at radius 3 is 2.68 bits per heavy atom. The van der Waals surface area contributed by atoms with Crippen LogP contribution in [0.3, 0.4) is 0 Å². The molecule has 1 aromatic rings. The Morgan fingerprint density at radius 2 is 2.00 bits per heavy atom. The largest absolute Gasteiger partial charge is 0.476 e. The second kappa shape index (κ2) is 8.91. The van der Waals surface area contributed by atoms with Gasteiger partial charge in [0.15, 0.2) is 5.69 Å². The molecular formula is C17H29N3O2. The maximum absolute atomic E-state index is 11.3. The van der Waals surface area contributed by atoms with Gasteiger partial charge >= 0.3 is 5.97 Å². The Labute approximate surface area is 133 Å². The quantitative estimate of drug-likeness (QED) is 0.698. The van der Waals surface area contributed by atoms with Gasteiger partial charge in [-0.05, 0) is 25.2 Å². The van der Waals surface area contributed by atoms with Crippen molar-refractivity contribution in [2.24, 2.45) is 5.92 Å². The number of aromatic nitrogens is 3. The average molecular weight is 307 g/mol. The number of aromatic carboxylic acids is 1. The van der Waals surface area contributed by atoms with Crippen molar-refractivity contribution in [3.05, 3.63) is 11.4 Å². The molecular weight excluding hydrogens is 278 g/mol. The van der Waals surface area contributed by atoms with Crippen LogP contribution < -0.4 is 0 Å². The van der Waals surface area contributed by atoms with Gasteiger partial charge in [-0.25, -0.2) is 9.48 Å². The van der Waals surface area contributed by atoms with Crippen LogP contribution in [0.4, 0.5) is 0 Å². The second-order valence-electron chi connectivity index (χ2n) is 6.52. The smallest absolute Gasteiger partial charge is 0.358 e. The molecule has 5 nitrogen and oxygen atoms in total. The van der Waals surface area contributed by atoms with E-state index in [1.54, 1.807) is 0 Å². The maximum atomic E-state index is 11.3. The fourth-order valence-electron chi connectivity index (χ4n) is 3.43. The van der Waals surface area contributed by atoms with Crippen molar-refractivity contribution < 1.29 is 9.90 Å². The minimum Gasteiger partial charge on any atom is -0.476 e. The highest BCUT2D eigenvalue weighted by Crippen LogP contribution is 2.27. The van der Waals surface area contributed by atoms with E-state index in [4.69, 9.17) is 0 Å². The Bertz CT molecular complexity index is 464. The van der Waals surface area contributed by atoms with E-state index in [-0.39, 0.29) is 5.69 Å². The predicted molar refractivity (Wildman–Crippen MR) is 86.0 cm³/mol. The van der Waals surface area contributed by atoms with Crippen LogP contribution in [0.25, 0.3) is 0 Å². The van der Waals surface area contributed by atoms with Gasteiger partial charge in [0.2, 0.25) is 0 Å². The predicted octanol–water partition coefficient (Wildman–Crippen LogP) is 4.07. The molecule has 1 aromatic heterocycles. The maximum Gasteiger partial charge on any atom is 0.358 e. The molecule has 0 bridgehead atoms. The van der Waals surface area contributed by atoms with Crippen molar-refractivity contribution in [3.8, 4) is 0 Å². The highest BCUT2D eigenvalue weighted by molar-refractivity contribution is 5.86. The SMILES string of the molecule is CCCCCCn1nnc(C(=O)O)c1CCC1CCCCC1. The summed E-state index contributed by atoms with van der Waals surface area (Å²) in [6.07, 6.45) is 13.1. The summed E-state index contributed by atoms with van der Waals surface area (Å²) in [5.41, 5.74) is 0.987. The first-order valence-electron chi connectivity index (χ1n) is 8.88. The molecule has 0 aliphatic heterocycles. The molecule has 5 heteroatoms. The summed E-state index contributed by atoms with van der Waals surface area (Å²) in [5, 5.41) is 17.3. The van der Waals surface area contributed by atoms with Crippen molar-refractivity contribution >= 4 is 5.97 Å². The van der Waals surface area contributed by atoms with Crippen molar-refractivity contribution in [2.75, 3.05) is 0 Å². The Morgan fingerprint density at radius 1 is 1.23 bits per heavy atom. The molecule has 1 heterocycles. The number of nitrogens with zero attached hydrogens (tertiary/aromatic N) is 3. The van der Waals surface area contributed by atoms with E-state index in [0.717, 1.165) is 37.4 Å². The molecule has 0 spiro atoms. The minimum absolute atomic E-state index is 0.159. The van der Waals surface area contributed by atoms with E-state index >= 15 is 0 Å². The minimum atomic E-state index is -0.946. The first kappa shape index (κ1) is 17.0. The number of carbonyl (C=O) groups is 1. The zero-order valence-electron chi connectivity index (χ0n) is 13.8. The molecule has 1 saturated carbocycles. The van der Waals surface area contributed by atoms with Crippen LogP contribution >= 0.6 is 0 Å². The van der Waals surface area contributed by atoms with Gasteiger partial charge in [0.05, 0.1) is 5.69 Å². The molecule has 2 rings (SSSR count). The molecule has 0 unspecified atom stereocenters. The lowest BCUT2D eigenvalue weighted by molar-refractivity contribution is 0.0689. The number of carboxylic acids is 1. The van der Waals surface area contributed by atoms with Crippen LogP contribution in [0.2, 0.25) is 0 Å². The van der Waals surface area contributed by atoms with Gasteiger partial charge < -0.3 is 5.11 Å². The van der Waals surface area contributed by atoms with Gasteiger partial charge in [-0.2, -0.15) is 0 Å². The van der Waals surface area contributed by atoms with Crippen molar-refractivity contribution in [3.63, 3.8) is 0 Å². The normalized spacial score (nSPS) is 16.0. The topological polar surface area (TPSA) is 68.0 Å². The lowest BCUT2D eigenvalue weighted by atomic mass is 9.85. The van der Waals surface area contributed by atoms with Crippen LogP contribution in [0.5, 0.6) is 0 Å². The van der Waals surface area contributed by atoms with Gasteiger partial charge in [0.25, 0.3) is 0 Å². The Hall–Kier alpha value is -1.39. The third-order valence-electron chi connectivity index (χ3n) is 4.78. The molecule has 1 fully saturated rings. The van der Waals surface area contributed by atoms with Gasteiger partial charge in [-0.1, -0.05) is 63.5 Å². The van der Waals surface area contributed by atoms with Gasteiger partial charge in [0, 0.05) is 6.54 Å². The lowest BCUT2D eigenvalue weighted by Gasteiger charge is -2.21. The van der Waals surface area contributed by atoms with Gasteiger partial charge in [-0.3, -0.25) is 0 Å². The molecule has 22 heavy (non-hydrogen) atoms. The number of hydrogen-bond acceptors (Lipinski definition) is 3. The summed E-state index contributed by atoms with van der Waals surface area (Å²) in [6.45, 7) is 2.98. The highest BCUT2D eigenvalue weighted by atomic mass is 16.4. The standard InChI is InChI=1S/C17H29N3O2/c1-2-3-4-8-13-20-15(16(17(21)22)18-19-20)12-11-14-9-6-5-7-10-14/h14H,2-13H2,1H3,(H,21,22). The number of hydrogen-bond donors (Lipinski definition) is 1. The van der Waals surface area contributed by atoms with E-state index in [2.05, 4.69) is 17.2 Å². The Balaban J connectivity index is 1.95. The number of aryl methyl sites for hydroxylation is 1. The second-order valence-corrected chi connectivity index (χ2v) is 6.52. The summed E-state index contributed by atoms with van der Waals surface area (Å²) < 4.78 is 1.84. The fourth-order valence-corrected chi connectivity index (χ4v) is 3.43. The van der Waals surface area contributed by atoms with Crippen LogP contribution in [-0.4, -0.2) is 26.1 Å². The van der Waals surface area contributed by atoms with Crippen LogP contribution in [0.1, 0.15) is 87.3 Å². The molecule has 1 aliphatic carbocycles. The number of rotatable bonds is 9. The summed E-state index contributed by atoms with van der Waals surface area (Å²) in [5.74, 6) is -0.197. The van der Waals surface area contributed by atoms with Crippen LogP contribution in [0.15, 0.2) is 0 Å². The van der Waals surface area contributed by atoms with Crippen molar-refractivity contribution in [2.45, 2.75) is 84.1 Å². The molecule has 0 radical (unpaired) electrons. The van der Waals surface area contributed by atoms with E-state index in [0.29, 0.717) is 0 Å². The summed E-state index contributed by atoms with van der Waals surface area (Å²) in [7, 11) is 0. The first-order valence-corrected chi connectivity index (χ1v) is 8.88. The highest BCUT2D eigenvalue weighted by Gasteiger charge is 2.21. The van der Waals surface area contributed by atoms with Crippen molar-refractivity contribution in [1.82, 2.24) is 15.0 Å². The molecule has 124 valence electrons. The molecule has 0 aromatic carbocycles. The summed E-state index contributed by atoms with van der Waals surface area (Å²) in [4.78, 5) is 11.3. The molecule has 0 amide bonds. The molecule has 0 saturated heterocycles. The van der Waals surface area contributed by atoms with E-state index in [1.165, 1.54) is 51.4 Å². The van der Waals surface area contributed by atoms with Gasteiger partial charge in [0.1, 0.15) is 0 Å². The van der Waals surface area contributed by atoms with Crippen molar-refractivity contribution in [1.29, 1.82) is 0 Å². The summed E-state index contributed by atoms with van der Waals surface area (Å²) in [6, 6.07) is 0.